The molecule has 8 heteroatoms. The number of fused-ring (bicyclic) bond motifs is 1. The van der Waals surface area contributed by atoms with Crippen molar-refractivity contribution < 1.29 is 22.4 Å². The van der Waals surface area contributed by atoms with Crippen LogP contribution in [0.2, 0.25) is 0 Å². The number of rotatable bonds is 5. The van der Waals surface area contributed by atoms with Crippen LogP contribution < -0.4 is 9.80 Å². The first-order chi connectivity index (χ1) is 16.2. The van der Waals surface area contributed by atoms with E-state index in [1.807, 2.05) is 49.4 Å². The molecular weight excluding hydrogens is 452 g/mol. The second kappa shape index (κ2) is 8.43. The minimum Gasteiger partial charge on any atom is -0.459 e. The van der Waals surface area contributed by atoms with E-state index in [1.165, 1.54) is 13.2 Å². The largest absolute Gasteiger partial charge is 0.459 e. The average Bonchev–Trinajstić information content (AvgIpc) is 3.54. The van der Waals surface area contributed by atoms with Gasteiger partial charge in [0, 0.05) is 13.5 Å². The van der Waals surface area contributed by atoms with Crippen LogP contribution in [0.3, 0.4) is 0 Å². The minimum atomic E-state index is -3.08. The maximum absolute atomic E-state index is 13.2. The van der Waals surface area contributed by atoms with E-state index in [9.17, 15) is 18.0 Å². The fourth-order valence-electron chi connectivity index (χ4n) is 4.58. The number of anilines is 2. The summed E-state index contributed by atoms with van der Waals surface area (Å²) in [6.45, 7) is 3.77. The maximum atomic E-state index is 13.2. The highest BCUT2D eigenvalue weighted by atomic mass is 32.2. The summed E-state index contributed by atoms with van der Waals surface area (Å²) in [6.07, 6.45) is 2.99. The Labute approximate surface area is 198 Å². The Morgan fingerprint density at radius 2 is 1.71 bits per heavy atom. The van der Waals surface area contributed by atoms with E-state index in [4.69, 9.17) is 4.42 Å². The lowest BCUT2D eigenvalue weighted by atomic mass is 9.99. The minimum absolute atomic E-state index is 0.0546. The van der Waals surface area contributed by atoms with E-state index in [2.05, 4.69) is 0 Å². The smallest absolute Gasteiger partial charge is 0.294 e. The summed E-state index contributed by atoms with van der Waals surface area (Å²) in [5, 5.41) is -0.183. The molecule has 34 heavy (non-hydrogen) atoms. The lowest BCUT2D eigenvalue weighted by Gasteiger charge is -2.40. The summed E-state index contributed by atoms with van der Waals surface area (Å²) in [4.78, 5) is 29.0. The maximum Gasteiger partial charge on any atom is 0.294 e. The standard InChI is InChI=1S/C26H26N2O5S/c1-17-15-27(26(30)25-4-3-13-33-25)24-14-21(9-12-23(24)28(17)18(2)29)20-7-5-19(6-8-20)16-34(31,32)22-10-11-22/h3-9,12-14,17,22H,10-11,15-16H2,1-2H3/t17-/m0/s1. The summed E-state index contributed by atoms with van der Waals surface area (Å²) in [6, 6.07) is 16.2. The lowest BCUT2D eigenvalue weighted by Crippen LogP contribution is -2.51. The molecule has 0 saturated heterocycles. The molecule has 1 aliphatic heterocycles. The number of nitrogens with zero attached hydrogens (tertiary/aromatic N) is 2. The number of furan rings is 1. The van der Waals surface area contributed by atoms with E-state index in [0.717, 1.165) is 29.5 Å². The number of carbonyl (C=O) groups excluding carboxylic acids is 2. The first-order valence-corrected chi connectivity index (χ1v) is 13.1. The Morgan fingerprint density at radius 3 is 2.32 bits per heavy atom. The van der Waals surface area contributed by atoms with E-state index in [-0.39, 0.29) is 34.6 Å². The summed E-state index contributed by atoms with van der Waals surface area (Å²) in [7, 11) is -3.08. The predicted molar refractivity (Wildman–Crippen MR) is 131 cm³/mol. The molecule has 1 aromatic heterocycles. The molecule has 0 spiro atoms. The number of hydrogen-bond acceptors (Lipinski definition) is 5. The molecule has 7 nitrogen and oxygen atoms in total. The van der Waals surface area contributed by atoms with Gasteiger partial charge in [-0.1, -0.05) is 30.3 Å². The first-order valence-electron chi connectivity index (χ1n) is 11.3. The van der Waals surface area contributed by atoms with E-state index >= 15 is 0 Å². The van der Waals surface area contributed by atoms with Gasteiger partial charge in [0.25, 0.3) is 5.91 Å². The van der Waals surface area contributed by atoms with Gasteiger partial charge in [-0.3, -0.25) is 9.59 Å². The van der Waals surface area contributed by atoms with Crippen LogP contribution in [0.4, 0.5) is 11.4 Å². The molecule has 1 atom stereocenters. The average molecular weight is 479 g/mol. The molecule has 2 aromatic carbocycles. The van der Waals surface area contributed by atoms with Crippen molar-refractivity contribution >= 4 is 33.0 Å². The van der Waals surface area contributed by atoms with Crippen LogP contribution in [-0.2, 0) is 20.4 Å². The molecule has 1 fully saturated rings. The van der Waals surface area contributed by atoms with Crippen molar-refractivity contribution in [1.29, 1.82) is 0 Å². The first kappa shape index (κ1) is 22.4. The summed E-state index contributed by atoms with van der Waals surface area (Å²) >= 11 is 0. The Kier molecular flexibility index (Phi) is 5.56. The topological polar surface area (TPSA) is 87.9 Å². The third-order valence-electron chi connectivity index (χ3n) is 6.42. The zero-order valence-corrected chi connectivity index (χ0v) is 19.9. The Morgan fingerprint density at radius 1 is 1.00 bits per heavy atom. The molecule has 2 amide bonds. The molecule has 5 rings (SSSR count). The second-order valence-corrected chi connectivity index (χ2v) is 11.3. The third kappa shape index (κ3) is 4.14. The summed E-state index contributed by atoms with van der Waals surface area (Å²) < 4.78 is 30.0. The van der Waals surface area contributed by atoms with Gasteiger partial charge in [-0.25, -0.2) is 8.42 Å². The molecule has 176 valence electrons. The van der Waals surface area contributed by atoms with Crippen molar-refractivity contribution in [2.24, 2.45) is 0 Å². The highest BCUT2D eigenvalue weighted by Crippen LogP contribution is 2.40. The van der Waals surface area contributed by atoms with Gasteiger partial charge in [-0.15, -0.1) is 0 Å². The van der Waals surface area contributed by atoms with Gasteiger partial charge in [0.2, 0.25) is 5.91 Å². The molecule has 0 radical (unpaired) electrons. The van der Waals surface area contributed by atoms with Gasteiger partial charge in [-0.05, 0) is 60.7 Å². The highest BCUT2D eigenvalue weighted by molar-refractivity contribution is 7.91. The van der Waals surface area contributed by atoms with E-state index in [0.29, 0.717) is 17.9 Å². The van der Waals surface area contributed by atoms with Crippen LogP contribution in [0.5, 0.6) is 0 Å². The van der Waals surface area contributed by atoms with Crippen LogP contribution in [0.25, 0.3) is 11.1 Å². The predicted octanol–water partition coefficient (Wildman–Crippen LogP) is 4.43. The lowest BCUT2D eigenvalue weighted by molar-refractivity contribution is -0.117. The van der Waals surface area contributed by atoms with E-state index in [1.54, 1.807) is 21.9 Å². The van der Waals surface area contributed by atoms with Crippen LogP contribution >= 0.6 is 0 Å². The molecule has 1 saturated carbocycles. The fourth-order valence-corrected chi connectivity index (χ4v) is 6.33. The van der Waals surface area contributed by atoms with Crippen LogP contribution in [0, 0.1) is 0 Å². The van der Waals surface area contributed by atoms with Crippen molar-refractivity contribution in [3.8, 4) is 11.1 Å². The molecule has 2 heterocycles. The number of amides is 2. The van der Waals surface area contributed by atoms with E-state index < -0.39 is 9.84 Å². The molecule has 0 bridgehead atoms. The van der Waals surface area contributed by atoms with Crippen LogP contribution in [0.15, 0.2) is 65.3 Å². The molecule has 0 N–H and O–H groups in total. The van der Waals surface area contributed by atoms with Gasteiger partial charge < -0.3 is 14.2 Å². The SMILES string of the molecule is CC(=O)N1c2ccc(-c3ccc(CS(=O)(=O)C4CC4)cc3)cc2N(C(=O)c2ccco2)C[C@@H]1C. The van der Waals surface area contributed by atoms with Crippen molar-refractivity contribution in [3.05, 3.63) is 72.2 Å². The van der Waals surface area contributed by atoms with Gasteiger partial charge in [-0.2, -0.15) is 0 Å². The van der Waals surface area contributed by atoms with Gasteiger partial charge in [0.15, 0.2) is 15.6 Å². The van der Waals surface area contributed by atoms with Crippen LogP contribution in [-0.4, -0.2) is 38.1 Å². The third-order valence-corrected chi connectivity index (χ3v) is 8.64. The quantitative estimate of drug-likeness (QED) is 0.542. The zero-order chi connectivity index (χ0) is 24.0. The van der Waals surface area contributed by atoms with Gasteiger partial charge in [0.1, 0.15) is 0 Å². The van der Waals surface area contributed by atoms with Crippen molar-refractivity contribution in [3.63, 3.8) is 0 Å². The molecule has 1 aliphatic carbocycles. The number of benzene rings is 2. The summed E-state index contributed by atoms with van der Waals surface area (Å²) in [5.74, 6) is -0.0630. The molecule has 2 aliphatic rings. The Bertz CT molecular complexity index is 1340. The summed E-state index contributed by atoms with van der Waals surface area (Å²) in [5.41, 5.74) is 3.83. The second-order valence-electron chi connectivity index (χ2n) is 9.04. The van der Waals surface area contributed by atoms with Gasteiger partial charge >= 0.3 is 0 Å². The van der Waals surface area contributed by atoms with Gasteiger partial charge in [0.05, 0.1) is 34.7 Å². The van der Waals surface area contributed by atoms with Crippen molar-refractivity contribution in [1.82, 2.24) is 0 Å². The van der Waals surface area contributed by atoms with Crippen LogP contribution in [0.1, 0.15) is 42.8 Å². The fraction of sp³-hybridized carbons (Fsp3) is 0.308. The van der Waals surface area contributed by atoms with Crippen molar-refractivity contribution in [2.45, 2.75) is 43.7 Å². The monoisotopic (exact) mass is 478 g/mol. The Balaban J connectivity index is 1.50. The molecule has 0 unspecified atom stereocenters. The zero-order valence-electron chi connectivity index (χ0n) is 19.1. The highest BCUT2D eigenvalue weighted by Gasteiger charge is 2.36. The normalized spacial score (nSPS) is 18.0. The number of hydrogen-bond donors (Lipinski definition) is 0. The molecule has 3 aromatic rings. The van der Waals surface area contributed by atoms with Crippen molar-refractivity contribution in [2.75, 3.05) is 16.3 Å². The number of sulfone groups is 1. The Hall–Kier alpha value is -3.39. The number of carbonyl (C=O) groups is 2. The molecular formula is C26H26N2O5S.